The van der Waals surface area contributed by atoms with E-state index in [0.29, 0.717) is 27.0 Å². The summed E-state index contributed by atoms with van der Waals surface area (Å²) in [6, 6.07) is 3.36. The van der Waals surface area contributed by atoms with Crippen LogP contribution in [0.5, 0.6) is 0 Å². The van der Waals surface area contributed by atoms with Gasteiger partial charge in [0.2, 0.25) is 0 Å². The van der Waals surface area contributed by atoms with Gasteiger partial charge in [-0.15, -0.1) is 0 Å². The lowest BCUT2D eigenvalue weighted by Crippen LogP contribution is -2.23. The van der Waals surface area contributed by atoms with Crippen LogP contribution in [0.3, 0.4) is 0 Å². The Bertz CT molecular complexity index is 614. The zero-order valence-corrected chi connectivity index (χ0v) is 12.0. The quantitative estimate of drug-likeness (QED) is 0.793. The van der Waals surface area contributed by atoms with E-state index in [9.17, 15) is 4.79 Å². The molecule has 18 heavy (non-hydrogen) atoms. The van der Waals surface area contributed by atoms with Crippen LogP contribution in [0.4, 0.5) is 5.95 Å². The van der Waals surface area contributed by atoms with Crippen molar-refractivity contribution in [1.29, 1.82) is 0 Å². The van der Waals surface area contributed by atoms with Gasteiger partial charge in [0.25, 0.3) is 0 Å². The number of rotatable bonds is 1. The maximum Gasteiger partial charge on any atom is 0.338 e. The maximum atomic E-state index is 12.0. The second-order valence-electron chi connectivity index (χ2n) is 4.98. The highest BCUT2D eigenvalue weighted by Crippen LogP contribution is 2.25. The highest BCUT2D eigenvalue weighted by Gasteiger charge is 2.19. The van der Waals surface area contributed by atoms with Crippen molar-refractivity contribution >= 4 is 38.9 Å². The van der Waals surface area contributed by atoms with E-state index in [0.717, 1.165) is 0 Å². The molecule has 6 heteroatoms. The summed E-state index contributed by atoms with van der Waals surface area (Å²) < 4.78 is 6.01. The maximum absolute atomic E-state index is 12.0. The zero-order valence-electron chi connectivity index (χ0n) is 10.4. The van der Waals surface area contributed by atoms with Crippen LogP contribution in [-0.2, 0) is 4.74 Å². The Hall–Kier alpha value is -1.56. The number of nitrogens with zero attached hydrogens (tertiary/aromatic N) is 1. The number of benzene rings is 1. The summed E-state index contributed by atoms with van der Waals surface area (Å²) in [7, 11) is 0. The van der Waals surface area contributed by atoms with Crippen LogP contribution in [-0.4, -0.2) is 21.5 Å². The first-order valence-electron chi connectivity index (χ1n) is 5.44. The van der Waals surface area contributed by atoms with Crippen molar-refractivity contribution in [2.24, 2.45) is 0 Å². The lowest BCUT2D eigenvalue weighted by Gasteiger charge is -2.19. The molecule has 0 saturated heterocycles. The molecular formula is C12H14BrN3O2. The molecule has 1 aromatic heterocycles. The van der Waals surface area contributed by atoms with Gasteiger partial charge < -0.3 is 15.5 Å². The topological polar surface area (TPSA) is 81.0 Å². The number of hydrogen-bond acceptors (Lipinski definition) is 4. The first-order chi connectivity index (χ1) is 8.26. The SMILES string of the molecule is CC(C)(C)OC(=O)c1cc(Br)c2nc(N)[nH]c2c1. The van der Waals surface area contributed by atoms with Gasteiger partial charge in [0, 0.05) is 4.47 Å². The number of nitrogens with two attached hydrogens (primary N) is 1. The lowest BCUT2D eigenvalue weighted by atomic mass is 10.1. The summed E-state index contributed by atoms with van der Waals surface area (Å²) in [5.41, 5.74) is 6.90. The minimum atomic E-state index is -0.522. The number of halogens is 1. The fraction of sp³-hybridized carbons (Fsp3) is 0.333. The van der Waals surface area contributed by atoms with E-state index in [1.54, 1.807) is 12.1 Å². The molecule has 0 amide bonds. The van der Waals surface area contributed by atoms with E-state index in [1.807, 2.05) is 20.8 Å². The number of carbonyl (C=O) groups is 1. The number of fused-ring (bicyclic) bond motifs is 1. The summed E-state index contributed by atoms with van der Waals surface area (Å²) in [5, 5.41) is 0. The van der Waals surface area contributed by atoms with Crippen LogP contribution in [0.25, 0.3) is 11.0 Å². The molecule has 5 nitrogen and oxygen atoms in total. The monoisotopic (exact) mass is 311 g/mol. The van der Waals surface area contributed by atoms with Gasteiger partial charge in [0.1, 0.15) is 11.1 Å². The number of nitrogens with one attached hydrogen (secondary N) is 1. The molecule has 1 heterocycles. The number of anilines is 1. The van der Waals surface area contributed by atoms with E-state index in [2.05, 4.69) is 25.9 Å². The molecule has 2 rings (SSSR count). The molecule has 0 spiro atoms. The number of aromatic nitrogens is 2. The normalized spacial score (nSPS) is 11.8. The van der Waals surface area contributed by atoms with Gasteiger partial charge in [-0.25, -0.2) is 9.78 Å². The van der Waals surface area contributed by atoms with Crippen molar-refractivity contribution < 1.29 is 9.53 Å². The minimum Gasteiger partial charge on any atom is -0.456 e. The zero-order chi connectivity index (χ0) is 13.5. The highest BCUT2D eigenvalue weighted by atomic mass is 79.9. The largest absolute Gasteiger partial charge is 0.456 e. The summed E-state index contributed by atoms with van der Waals surface area (Å²) in [4.78, 5) is 19.0. The molecule has 3 N–H and O–H groups in total. The summed E-state index contributed by atoms with van der Waals surface area (Å²) in [6.07, 6.45) is 0. The predicted molar refractivity (Wildman–Crippen MR) is 73.4 cm³/mol. The van der Waals surface area contributed by atoms with Crippen molar-refractivity contribution in [1.82, 2.24) is 9.97 Å². The number of imidazole rings is 1. The molecule has 96 valence electrons. The number of H-pyrrole nitrogens is 1. The van der Waals surface area contributed by atoms with Crippen LogP contribution in [0, 0.1) is 0 Å². The van der Waals surface area contributed by atoms with Gasteiger partial charge in [-0.2, -0.15) is 0 Å². The van der Waals surface area contributed by atoms with Crippen LogP contribution < -0.4 is 5.73 Å². The van der Waals surface area contributed by atoms with Crippen LogP contribution in [0.15, 0.2) is 16.6 Å². The molecule has 0 aliphatic carbocycles. The second-order valence-corrected chi connectivity index (χ2v) is 5.83. The van der Waals surface area contributed by atoms with Crippen molar-refractivity contribution in [2.45, 2.75) is 26.4 Å². The van der Waals surface area contributed by atoms with E-state index >= 15 is 0 Å². The first-order valence-corrected chi connectivity index (χ1v) is 6.23. The first kappa shape index (κ1) is 12.9. The molecule has 0 unspecified atom stereocenters. The number of ether oxygens (including phenoxy) is 1. The van der Waals surface area contributed by atoms with E-state index in [-0.39, 0.29) is 5.97 Å². The molecule has 0 aliphatic heterocycles. The molecule has 0 radical (unpaired) electrons. The molecular weight excluding hydrogens is 298 g/mol. The van der Waals surface area contributed by atoms with E-state index in [1.165, 1.54) is 0 Å². The Morgan fingerprint density at radius 1 is 1.44 bits per heavy atom. The Labute approximate surface area is 113 Å². The predicted octanol–water partition coefficient (Wildman–Crippen LogP) is 2.86. The van der Waals surface area contributed by atoms with Gasteiger partial charge in [-0.3, -0.25) is 0 Å². The Balaban J connectivity index is 2.43. The van der Waals surface area contributed by atoms with Crippen molar-refractivity contribution in [2.75, 3.05) is 5.73 Å². The lowest BCUT2D eigenvalue weighted by molar-refractivity contribution is 0.00696. The number of carbonyl (C=O) groups excluding carboxylic acids is 1. The fourth-order valence-corrected chi connectivity index (χ4v) is 2.10. The fourth-order valence-electron chi connectivity index (χ4n) is 1.55. The summed E-state index contributed by atoms with van der Waals surface area (Å²) in [5.74, 6) is -0.0645. The smallest absolute Gasteiger partial charge is 0.338 e. The Morgan fingerprint density at radius 2 is 2.11 bits per heavy atom. The minimum absolute atomic E-state index is 0.312. The van der Waals surface area contributed by atoms with Gasteiger partial charge in [-0.05, 0) is 48.8 Å². The van der Waals surface area contributed by atoms with Gasteiger partial charge >= 0.3 is 5.97 Å². The number of esters is 1. The second kappa shape index (κ2) is 4.28. The van der Waals surface area contributed by atoms with Gasteiger partial charge in [0.05, 0.1) is 11.1 Å². The van der Waals surface area contributed by atoms with E-state index in [4.69, 9.17) is 10.5 Å². The highest BCUT2D eigenvalue weighted by molar-refractivity contribution is 9.10. The molecule has 0 atom stereocenters. The summed E-state index contributed by atoms with van der Waals surface area (Å²) >= 11 is 3.36. The molecule has 0 aliphatic rings. The van der Waals surface area contributed by atoms with Gasteiger partial charge in [0.15, 0.2) is 5.95 Å². The van der Waals surface area contributed by atoms with Crippen LogP contribution >= 0.6 is 15.9 Å². The number of nitrogen functional groups attached to an aromatic ring is 1. The van der Waals surface area contributed by atoms with Gasteiger partial charge in [-0.1, -0.05) is 0 Å². The number of hydrogen-bond donors (Lipinski definition) is 2. The molecule has 1 aromatic carbocycles. The Kier molecular flexibility index (Phi) is 3.06. The summed E-state index contributed by atoms with van der Waals surface area (Å²) in [6.45, 7) is 5.48. The third-order valence-electron chi connectivity index (χ3n) is 2.19. The van der Waals surface area contributed by atoms with Crippen LogP contribution in [0.2, 0.25) is 0 Å². The van der Waals surface area contributed by atoms with Crippen molar-refractivity contribution in [3.8, 4) is 0 Å². The standard InChI is InChI=1S/C12H14BrN3O2/c1-12(2,3)18-10(17)6-4-7(13)9-8(5-6)15-11(14)16-9/h4-5H,1-3H3,(H3,14,15,16). The Morgan fingerprint density at radius 3 is 2.72 bits per heavy atom. The van der Waals surface area contributed by atoms with Crippen molar-refractivity contribution in [3.63, 3.8) is 0 Å². The van der Waals surface area contributed by atoms with Crippen LogP contribution in [0.1, 0.15) is 31.1 Å². The molecule has 2 aromatic rings. The average molecular weight is 312 g/mol. The number of aromatic amines is 1. The average Bonchev–Trinajstić information content (AvgIpc) is 2.56. The van der Waals surface area contributed by atoms with Crippen molar-refractivity contribution in [3.05, 3.63) is 22.2 Å². The molecule has 0 saturated carbocycles. The molecule has 0 fully saturated rings. The third-order valence-corrected chi connectivity index (χ3v) is 2.80. The molecule has 0 bridgehead atoms. The van der Waals surface area contributed by atoms with E-state index < -0.39 is 5.60 Å². The third kappa shape index (κ3) is 2.64.